The molecule has 286 valence electrons. The first kappa shape index (κ1) is 45.8. The lowest BCUT2D eigenvalue weighted by Gasteiger charge is -2.29. The number of hydrogen-bond acceptors (Lipinski definition) is 4. The number of unbranched alkanes of at least 4 members (excludes halogenated alkanes) is 18. The Labute approximate surface area is 307 Å². The lowest BCUT2D eigenvalue weighted by molar-refractivity contribution is -0.187. The highest BCUT2D eigenvalue weighted by Gasteiger charge is 2.46. The molecule has 4 nitrogen and oxygen atoms in total. The highest BCUT2D eigenvalue weighted by Crippen LogP contribution is 2.38. The van der Waals surface area contributed by atoms with Gasteiger partial charge in [0.2, 0.25) is 0 Å². The summed E-state index contributed by atoms with van der Waals surface area (Å²) >= 11 is 0. The zero-order valence-corrected chi connectivity index (χ0v) is 33.8. The average molecular weight is 685 g/mol. The molecule has 0 aromatic carbocycles. The third-order valence-corrected chi connectivity index (χ3v) is 9.75. The Balaban J connectivity index is 2.34. The molecule has 1 heterocycles. The molecule has 1 rings (SSSR count). The second kappa shape index (κ2) is 32.7. The maximum atomic E-state index is 6.91. The Hall–Kier alpha value is -1.20. The molecule has 2 atom stereocenters. The van der Waals surface area contributed by atoms with Crippen LogP contribution in [0.15, 0.2) is 48.6 Å². The molecular formula is C45H84N2O2. The van der Waals surface area contributed by atoms with E-state index in [4.69, 9.17) is 9.47 Å². The quantitative estimate of drug-likeness (QED) is 0.0497. The topological polar surface area (TPSA) is 24.9 Å². The smallest absolute Gasteiger partial charge is 0.169 e. The molecule has 1 saturated heterocycles. The second-order valence-corrected chi connectivity index (χ2v) is 15.4. The van der Waals surface area contributed by atoms with Gasteiger partial charge in [-0.3, -0.25) is 0 Å². The zero-order chi connectivity index (χ0) is 35.7. The minimum absolute atomic E-state index is 0.145. The van der Waals surface area contributed by atoms with Gasteiger partial charge in [-0.25, -0.2) is 0 Å². The third kappa shape index (κ3) is 27.2. The van der Waals surface area contributed by atoms with E-state index < -0.39 is 5.79 Å². The van der Waals surface area contributed by atoms with Gasteiger partial charge >= 0.3 is 0 Å². The number of rotatable bonds is 34. The number of allylic oxidation sites excluding steroid dienone is 8. The number of ether oxygens (including phenoxy) is 2. The molecule has 1 aliphatic heterocycles. The Morgan fingerprint density at radius 2 is 0.714 bits per heavy atom. The number of hydrogen-bond donors (Lipinski definition) is 0. The largest absolute Gasteiger partial charge is 0.343 e. The van der Waals surface area contributed by atoms with Crippen LogP contribution >= 0.6 is 0 Å². The molecule has 2 unspecified atom stereocenters. The van der Waals surface area contributed by atoms with Crippen LogP contribution in [-0.4, -0.2) is 69.1 Å². The van der Waals surface area contributed by atoms with Gasteiger partial charge in [0, 0.05) is 25.9 Å². The van der Waals surface area contributed by atoms with Crippen molar-refractivity contribution in [3.8, 4) is 0 Å². The van der Waals surface area contributed by atoms with Gasteiger partial charge < -0.3 is 19.3 Å². The molecule has 0 saturated carbocycles. The van der Waals surface area contributed by atoms with Crippen molar-refractivity contribution in [2.75, 3.05) is 41.3 Å². The summed E-state index contributed by atoms with van der Waals surface area (Å²) in [5, 5.41) is 0. The predicted octanol–water partition coefficient (Wildman–Crippen LogP) is 13.0. The summed E-state index contributed by atoms with van der Waals surface area (Å²) in [5.41, 5.74) is 0. The van der Waals surface area contributed by atoms with Crippen molar-refractivity contribution >= 4 is 0 Å². The van der Waals surface area contributed by atoms with Crippen LogP contribution in [-0.2, 0) is 9.47 Å². The maximum absolute atomic E-state index is 6.91. The highest BCUT2D eigenvalue weighted by molar-refractivity contribution is 4.94. The van der Waals surface area contributed by atoms with E-state index in [1.165, 1.54) is 141 Å². The van der Waals surface area contributed by atoms with Crippen molar-refractivity contribution in [2.45, 2.75) is 199 Å². The standard InChI is InChI=1S/C45H84N2O2/c1-7-9-11-13-15-17-19-21-23-25-27-29-31-33-35-37-39-45(48-43(41-46(3)4)44(49-45)42-47(5)6)40-38-36-34-32-30-28-26-24-22-20-18-16-14-12-10-8-2/h15-18,21-24,43-44H,7-14,19-20,25-42H2,1-6H3/b17-15-,18-16-,23-21-,24-22-. The molecule has 1 aliphatic rings. The van der Waals surface area contributed by atoms with Gasteiger partial charge in [-0.2, -0.15) is 0 Å². The van der Waals surface area contributed by atoms with Crippen LogP contribution in [0.3, 0.4) is 0 Å². The van der Waals surface area contributed by atoms with E-state index in [0.29, 0.717) is 0 Å². The van der Waals surface area contributed by atoms with Crippen LogP contribution in [0.2, 0.25) is 0 Å². The van der Waals surface area contributed by atoms with Crippen molar-refractivity contribution in [1.82, 2.24) is 9.80 Å². The van der Waals surface area contributed by atoms with Crippen molar-refractivity contribution < 1.29 is 9.47 Å². The van der Waals surface area contributed by atoms with E-state index in [0.717, 1.165) is 38.8 Å². The minimum atomic E-state index is -0.397. The molecule has 0 amide bonds. The average Bonchev–Trinajstić information content (AvgIpc) is 3.39. The van der Waals surface area contributed by atoms with E-state index >= 15 is 0 Å². The lowest BCUT2D eigenvalue weighted by Crippen LogP contribution is -2.39. The molecule has 0 aromatic rings. The van der Waals surface area contributed by atoms with E-state index in [-0.39, 0.29) is 12.2 Å². The fourth-order valence-corrected chi connectivity index (χ4v) is 6.89. The Kier molecular flexibility index (Phi) is 30.6. The molecular weight excluding hydrogens is 601 g/mol. The zero-order valence-electron chi connectivity index (χ0n) is 33.8. The molecule has 0 bridgehead atoms. The van der Waals surface area contributed by atoms with Crippen molar-refractivity contribution in [2.24, 2.45) is 0 Å². The van der Waals surface area contributed by atoms with E-state index in [1.807, 2.05) is 0 Å². The first-order chi connectivity index (χ1) is 23.9. The van der Waals surface area contributed by atoms with Crippen LogP contribution in [0.5, 0.6) is 0 Å². The lowest BCUT2D eigenvalue weighted by atomic mass is 9.98. The molecule has 49 heavy (non-hydrogen) atoms. The van der Waals surface area contributed by atoms with Crippen LogP contribution in [0.1, 0.15) is 181 Å². The normalized spacial score (nSPS) is 18.3. The highest BCUT2D eigenvalue weighted by atomic mass is 16.8. The molecule has 4 heteroatoms. The van der Waals surface area contributed by atoms with Crippen LogP contribution in [0.4, 0.5) is 0 Å². The maximum Gasteiger partial charge on any atom is 0.169 e. The summed E-state index contributed by atoms with van der Waals surface area (Å²) < 4.78 is 13.8. The van der Waals surface area contributed by atoms with Gasteiger partial charge in [0.1, 0.15) is 12.2 Å². The van der Waals surface area contributed by atoms with Crippen LogP contribution in [0.25, 0.3) is 0 Å². The second-order valence-electron chi connectivity index (χ2n) is 15.4. The van der Waals surface area contributed by atoms with Gasteiger partial charge in [-0.1, -0.05) is 140 Å². The minimum Gasteiger partial charge on any atom is -0.343 e. The van der Waals surface area contributed by atoms with Crippen molar-refractivity contribution in [1.29, 1.82) is 0 Å². The summed E-state index contributed by atoms with van der Waals surface area (Å²) in [6.45, 7) is 6.39. The summed E-state index contributed by atoms with van der Waals surface area (Å²) in [4.78, 5) is 4.52. The summed E-state index contributed by atoms with van der Waals surface area (Å²) in [6.07, 6.45) is 52.0. The fraction of sp³-hybridized carbons (Fsp3) is 0.822. The summed E-state index contributed by atoms with van der Waals surface area (Å²) in [7, 11) is 8.61. The van der Waals surface area contributed by atoms with Gasteiger partial charge in [-0.05, 0) is 105 Å². The molecule has 0 N–H and O–H groups in total. The molecule has 1 fully saturated rings. The van der Waals surface area contributed by atoms with E-state index in [9.17, 15) is 0 Å². The molecule has 0 spiro atoms. The number of nitrogens with zero attached hydrogens (tertiary/aromatic N) is 2. The first-order valence-corrected chi connectivity index (χ1v) is 21.2. The van der Waals surface area contributed by atoms with Gasteiger partial charge in [0.05, 0.1) is 0 Å². The van der Waals surface area contributed by atoms with E-state index in [1.54, 1.807) is 0 Å². The molecule has 0 aliphatic carbocycles. The SMILES string of the molecule is CCCCC/C=C\C/C=C\CCCCCCCCC1(CCCCCCCC/C=C\C/C=C\CCCCC)OC(CN(C)C)C(CN(C)C)O1. The Morgan fingerprint density at radius 3 is 1.04 bits per heavy atom. The van der Waals surface area contributed by atoms with Gasteiger partial charge in [-0.15, -0.1) is 0 Å². The third-order valence-electron chi connectivity index (χ3n) is 9.75. The van der Waals surface area contributed by atoms with Crippen molar-refractivity contribution in [3.05, 3.63) is 48.6 Å². The fourth-order valence-electron chi connectivity index (χ4n) is 6.89. The summed E-state index contributed by atoms with van der Waals surface area (Å²) in [5.74, 6) is -0.397. The molecule has 0 radical (unpaired) electrons. The van der Waals surface area contributed by atoms with Crippen LogP contribution < -0.4 is 0 Å². The monoisotopic (exact) mass is 685 g/mol. The van der Waals surface area contributed by atoms with Gasteiger partial charge in [0.25, 0.3) is 0 Å². The first-order valence-electron chi connectivity index (χ1n) is 21.2. The Morgan fingerprint density at radius 1 is 0.408 bits per heavy atom. The van der Waals surface area contributed by atoms with E-state index in [2.05, 4.69) is 100 Å². The van der Waals surface area contributed by atoms with Gasteiger partial charge in [0.15, 0.2) is 5.79 Å². The summed E-state index contributed by atoms with van der Waals surface area (Å²) in [6, 6.07) is 0. The number of likely N-dealkylation sites (N-methyl/N-ethyl adjacent to an activating group) is 2. The van der Waals surface area contributed by atoms with Crippen LogP contribution in [0, 0.1) is 0 Å². The predicted molar refractivity (Wildman–Crippen MR) is 218 cm³/mol. The van der Waals surface area contributed by atoms with Crippen molar-refractivity contribution in [3.63, 3.8) is 0 Å². The molecule has 0 aromatic heterocycles. The Bertz CT molecular complexity index is 762.